The fourth-order valence-corrected chi connectivity index (χ4v) is 3.20. The van der Waals surface area contributed by atoms with E-state index in [0.717, 1.165) is 11.1 Å². The van der Waals surface area contributed by atoms with Crippen molar-refractivity contribution in [2.75, 3.05) is 7.11 Å². The van der Waals surface area contributed by atoms with Crippen molar-refractivity contribution in [2.24, 2.45) is 0 Å². The molecule has 3 aromatic rings. The van der Waals surface area contributed by atoms with Gasteiger partial charge in [0.25, 0.3) is 5.91 Å². The van der Waals surface area contributed by atoms with Crippen molar-refractivity contribution in [3.63, 3.8) is 0 Å². The molecule has 3 rings (SSSR count). The molecule has 6 nitrogen and oxygen atoms in total. The van der Waals surface area contributed by atoms with Gasteiger partial charge in [-0.05, 0) is 30.2 Å². The highest BCUT2D eigenvalue weighted by Gasteiger charge is 2.26. The summed E-state index contributed by atoms with van der Waals surface area (Å²) in [6.45, 7) is 2.28. The number of hydrogen-bond donors (Lipinski definition) is 1. The smallest absolute Gasteiger partial charge is 0.342 e. The lowest BCUT2D eigenvalue weighted by Crippen LogP contribution is -2.39. The zero-order chi connectivity index (χ0) is 22.2. The third-order valence-corrected chi connectivity index (χ3v) is 4.81. The maximum Gasteiger partial charge on any atom is 0.342 e. The van der Waals surface area contributed by atoms with E-state index in [9.17, 15) is 14.7 Å². The van der Waals surface area contributed by atoms with E-state index in [-0.39, 0.29) is 23.0 Å². The molecular formula is C25H25NO5. The molecule has 6 heteroatoms. The minimum Gasteiger partial charge on any atom is -0.504 e. The third-order valence-electron chi connectivity index (χ3n) is 4.81. The lowest BCUT2D eigenvalue weighted by molar-refractivity contribution is -0.141. The fraction of sp³-hybridized carbons (Fsp3) is 0.200. The molecular weight excluding hydrogens is 394 g/mol. The Labute approximate surface area is 181 Å². The number of hydrogen-bond acceptors (Lipinski definition) is 5. The summed E-state index contributed by atoms with van der Waals surface area (Å²) in [5.74, 6) is -1.29. The van der Waals surface area contributed by atoms with Crippen molar-refractivity contribution in [1.82, 2.24) is 4.90 Å². The van der Waals surface area contributed by atoms with Gasteiger partial charge in [0.15, 0.2) is 17.6 Å². The van der Waals surface area contributed by atoms with Crippen LogP contribution in [0.5, 0.6) is 11.5 Å². The number of benzene rings is 3. The predicted molar refractivity (Wildman–Crippen MR) is 117 cm³/mol. The molecule has 0 bridgehead atoms. The van der Waals surface area contributed by atoms with E-state index >= 15 is 0 Å². The van der Waals surface area contributed by atoms with Gasteiger partial charge in [-0.3, -0.25) is 4.79 Å². The number of aromatic hydroxyl groups is 1. The molecule has 0 aromatic heterocycles. The highest BCUT2D eigenvalue weighted by atomic mass is 16.5. The van der Waals surface area contributed by atoms with Crippen molar-refractivity contribution in [3.8, 4) is 11.5 Å². The van der Waals surface area contributed by atoms with Gasteiger partial charge < -0.3 is 19.5 Å². The summed E-state index contributed by atoms with van der Waals surface area (Å²) >= 11 is 0. The molecule has 160 valence electrons. The number of methoxy groups -OCH3 is 1. The standard InChI is InChI=1S/C25H25NO5/c1-18(31-25(29)21-14-9-15-22(30-2)23(21)27)24(28)26(16-19-10-5-3-6-11-19)17-20-12-7-4-8-13-20/h3-15,18,27H,16-17H2,1-2H3. The van der Waals surface area contributed by atoms with Crippen LogP contribution in [0.4, 0.5) is 0 Å². The van der Waals surface area contributed by atoms with Gasteiger partial charge in [-0.25, -0.2) is 4.79 Å². The van der Waals surface area contributed by atoms with E-state index < -0.39 is 12.1 Å². The molecule has 1 N–H and O–H groups in total. The normalized spacial score (nSPS) is 11.4. The third kappa shape index (κ3) is 5.63. The van der Waals surface area contributed by atoms with Gasteiger partial charge in [0.05, 0.1) is 7.11 Å². The van der Waals surface area contributed by atoms with Crippen LogP contribution in [0.3, 0.4) is 0 Å². The van der Waals surface area contributed by atoms with Gasteiger partial charge in [0.1, 0.15) is 5.56 Å². The summed E-state index contributed by atoms with van der Waals surface area (Å²) in [6.07, 6.45) is -1.04. The summed E-state index contributed by atoms with van der Waals surface area (Å²) < 4.78 is 10.4. The first-order valence-corrected chi connectivity index (χ1v) is 9.93. The van der Waals surface area contributed by atoms with Crippen LogP contribution in [0.2, 0.25) is 0 Å². The number of para-hydroxylation sites is 1. The van der Waals surface area contributed by atoms with E-state index in [4.69, 9.17) is 9.47 Å². The maximum atomic E-state index is 13.2. The first-order chi connectivity index (χ1) is 15.0. The number of phenols is 1. The number of carbonyl (C=O) groups excluding carboxylic acids is 2. The Morgan fingerprint density at radius 3 is 1.94 bits per heavy atom. The minimum absolute atomic E-state index is 0.0586. The second kappa shape index (κ2) is 10.3. The molecule has 1 unspecified atom stereocenters. The average molecular weight is 419 g/mol. The Morgan fingerprint density at radius 2 is 1.42 bits per heavy atom. The molecule has 0 fully saturated rings. The second-order valence-corrected chi connectivity index (χ2v) is 7.07. The Kier molecular flexibility index (Phi) is 7.27. The van der Waals surface area contributed by atoms with Crippen molar-refractivity contribution < 1.29 is 24.2 Å². The van der Waals surface area contributed by atoms with Crippen LogP contribution in [0.25, 0.3) is 0 Å². The van der Waals surface area contributed by atoms with Gasteiger partial charge in [0.2, 0.25) is 0 Å². The highest BCUT2D eigenvalue weighted by molar-refractivity contribution is 5.95. The average Bonchev–Trinajstić information content (AvgIpc) is 2.79. The maximum absolute atomic E-state index is 13.2. The Balaban J connectivity index is 1.77. The van der Waals surface area contributed by atoms with Crippen molar-refractivity contribution in [2.45, 2.75) is 26.1 Å². The molecule has 0 radical (unpaired) electrons. The van der Waals surface area contributed by atoms with E-state index in [2.05, 4.69) is 0 Å². The second-order valence-electron chi connectivity index (χ2n) is 7.07. The lowest BCUT2D eigenvalue weighted by atomic mass is 10.1. The number of nitrogens with zero attached hydrogens (tertiary/aromatic N) is 1. The zero-order valence-corrected chi connectivity index (χ0v) is 17.5. The lowest BCUT2D eigenvalue weighted by Gasteiger charge is -2.26. The molecule has 0 heterocycles. The van der Waals surface area contributed by atoms with Crippen molar-refractivity contribution >= 4 is 11.9 Å². The van der Waals surface area contributed by atoms with Crippen LogP contribution >= 0.6 is 0 Å². The summed E-state index contributed by atoms with van der Waals surface area (Å²) in [6, 6.07) is 23.8. The van der Waals surface area contributed by atoms with Crippen LogP contribution in [0.15, 0.2) is 78.9 Å². The van der Waals surface area contributed by atoms with Gasteiger partial charge in [-0.15, -0.1) is 0 Å². The Hall–Kier alpha value is -3.80. The minimum atomic E-state index is -1.04. The Bertz CT molecular complexity index is 979. The molecule has 31 heavy (non-hydrogen) atoms. The quantitative estimate of drug-likeness (QED) is 0.555. The number of carbonyl (C=O) groups is 2. The first kappa shape index (κ1) is 21.9. The van der Waals surface area contributed by atoms with Crippen LogP contribution in [-0.2, 0) is 22.6 Å². The first-order valence-electron chi connectivity index (χ1n) is 9.93. The van der Waals surface area contributed by atoms with Crippen molar-refractivity contribution in [3.05, 3.63) is 95.6 Å². The van der Waals surface area contributed by atoms with E-state index in [1.807, 2.05) is 60.7 Å². The summed E-state index contributed by atoms with van der Waals surface area (Å²) in [4.78, 5) is 27.4. The highest BCUT2D eigenvalue weighted by Crippen LogP contribution is 2.30. The van der Waals surface area contributed by atoms with Crippen LogP contribution in [0, 0.1) is 0 Å². The zero-order valence-electron chi connectivity index (χ0n) is 17.5. The van der Waals surface area contributed by atoms with Gasteiger partial charge in [-0.2, -0.15) is 0 Å². The molecule has 0 saturated heterocycles. The SMILES string of the molecule is COc1cccc(C(=O)OC(C)C(=O)N(Cc2ccccc2)Cc2ccccc2)c1O. The van der Waals surface area contributed by atoms with E-state index in [1.54, 1.807) is 11.0 Å². The van der Waals surface area contributed by atoms with Gasteiger partial charge in [0, 0.05) is 13.1 Å². The number of phenolic OH excluding ortho intramolecular Hbond substituents is 1. The summed E-state index contributed by atoms with van der Waals surface area (Å²) in [5.41, 5.74) is 1.88. The van der Waals surface area contributed by atoms with Crippen LogP contribution in [0.1, 0.15) is 28.4 Å². The topological polar surface area (TPSA) is 76.1 Å². The monoisotopic (exact) mass is 419 g/mol. The molecule has 3 aromatic carbocycles. The molecule has 1 amide bonds. The van der Waals surface area contributed by atoms with Crippen molar-refractivity contribution in [1.29, 1.82) is 0 Å². The molecule has 0 aliphatic carbocycles. The van der Waals surface area contributed by atoms with E-state index in [1.165, 1.54) is 26.2 Å². The molecule has 0 aliphatic heterocycles. The summed E-state index contributed by atoms with van der Waals surface area (Å²) in [7, 11) is 1.39. The Morgan fingerprint density at radius 1 is 0.871 bits per heavy atom. The predicted octanol–water partition coefficient (Wildman–Crippen LogP) is 4.18. The van der Waals surface area contributed by atoms with E-state index in [0.29, 0.717) is 13.1 Å². The number of ether oxygens (including phenoxy) is 2. The number of amides is 1. The molecule has 1 atom stereocenters. The van der Waals surface area contributed by atoms with Gasteiger partial charge in [-0.1, -0.05) is 66.7 Å². The van der Waals surface area contributed by atoms with Crippen LogP contribution < -0.4 is 4.74 Å². The van der Waals surface area contributed by atoms with Crippen LogP contribution in [-0.4, -0.2) is 35.1 Å². The largest absolute Gasteiger partial charge is 0.504 e. The number of rotatable bonds is 8. The van der Waals surface area contributed by atoms with Gasteiger partial charge >= 0.3 is 5.97 Å². The molecule has 0 spiro atoms. The number of esters is 1. The molecule has 0 saturated carbocycles. The fourth-order valence-electron chi connectivity index (χ4n) is 3.20. The summed E-state index contributed by atoms with van der Waals surface area (Å²) in [5, 5.41) is 10.2. The molecule has 0 aliphatic rings.